The van der Waals surface area contributed by atoms with Gasteiger partial charge in [0.15, 0.2) is 0 Å². The van der Waals surface area contributed by atoms with Gasteiger partial charge in [-0.05, 0) is 49.7 Å². The van der Waals surface area contributed by atoms with Crippen LogP contribution in [0.5, 0.6) is 0 Å². The zero-order valence-electron chi connectivity index (χ0n) is 11.3. The Labute approximate surface area is 114 Å². The van der Waals surface area contributed by atoms with Crippen LogP contribution in [0.4, 0.5) is 0 Å². The zero-order chi connectivity index (χ0) is 13.1. The molecule has 0 radical (unpaired) electrons. The molecule has 0 unspecified atom stereocenters. The van der Waals surface area contributed by atoms with E-state index < -0.39 is 0 Å². The standard InChI is InChI=1S/C17H21NO/c19-17(14-8-2-1-3-9-14)18-16-12-6-10-13-7-4-5-11-15(13)16/h1-2,4-5,7,11,14,16H,3,6,8-10,12H2,(H,18,19)/t14-,16-/m0/s1. The number of hydrogen-bond donors (Lipinski definition) is 1. The van der Waals surface area contributed by atoms with Crippen LogP contribution in [0, 0.1) is 5.92 Å². The number of carbonyl (C=O) groups is 1. The van der Waals surface area contributed by atoms with Crippen LogP contribution in [-0.2, 0) is 11.2 Å². The van der Waals surface area contributed by atoms with Crippen molar-refractivity contribution in [1.82, 2.24) is 5.32 Å². The van der Waals surface area contributed by atoms with Gasteiger partial charge in [-0.15, -0.1) is 0 Å². The minimum atomic E-state index is 0.180. The van der Waals surface area contributed by atoms with E-state index in [4.69, 9.17) is 0 Å². The predicted molar refractivity (Wildman–Crippen MR) is 76.7 cm³/mol. The summed E-state index contributed by atoms with van der Waals surface area (Å²) in [5.74, 6) is 0.421. The molecule has 1 aromatic rings. The summed E-state index contributed by atoms with van der Waals surface area (Å²) in [6.07, 6.45) is 10.7. The maximum atomic E-state index is 12.3. The maximum Gasteiger partial charge on any atom is 0.223 e. The summed E-state index contributed by atoms with van der Waals surface area (Å²) in [7, 11) is 0. The number of amides is 1. The Balaban J connectivity index is 1.70. The Morgan fingerprint density at radius 1 is 1.16 bits per heavy atom. The number of benzene rings is 1. The third kappa shape index (κ3) is 2.73. The first-order valence-corrected chi connectivity index (χ1v) is 7.38. The minimum Gasteiger partial charge on any atom is -0.349 e. The smallest absolute Gasteiger partial charge is 0.223 e. The summed E-state index contributed by atoms with van der Waals surface area (Å²) in [6.45, 7) is 0. The van der Waals surface area contributed by atoms with Gasteiger partial charge in [-0.2, -0.15) is 0 Å². The molecule has 0 aliphatic heterocycles. The molecule has 0 aromatic heterocycles. The van der Waals surface area contributed by atoms with E-state index in [0.717, 1.165) is 32.1 Å². The Morgan fingerprint density at radius 2 is 2.05 bits per heavy atom. The van der Waals surface area contributed by atoms with E-state index >= 15 is 0 Å². The van der Waals surface area contributed by atoms with Crippen LogP contribution in [-0.4, -0.2) is 5.91 Å². The highest BCUT2D eigenvalue weighted by atomic mass is 16.1. The fourth-order valence-electron chi connectivity index (χ4n) is 3.23. The van der Waals surface area contributed by atoms with Gasteiger partial charge in [0.25, 0.3) is 0 Å². The summed E-state index contributed by atoms with van der Waals surface area (Å²) in [4.78, 5) is 12.3. The molecule has 19 heavy (non-hydrogen) atoms. The van der Waals surface area contributed by atoms with Gasteiger partial charge in [0.1, 0.15) is 0 Å². The highest BCUT2D eigenvalue weighted by Gasteiger charge is 2.25. The lowest BCUT2D eigenvalue weighted by Gasteiger charge is -2.28. The molecule has 0 heterocycles. The third-order valence-electron chi connectivity index (χ3n) is 4.33. The van der Waals surface area contributed by atoms with E-state index in [1.807, 2.05) is 0 Å². The van der Waals surface area contributed by atoms with Crippen LogP contribution in [0.3, 0.4) is 0 Å². The summed E-state index contributed by atoms with van der Waals surface area (Å²) in [5.41, 5.74) is 2.73. The van der Waals surface area contributed by atoms with E-state index in [9.17, 15) is 4.79 Å². The van der Waals surface area contributed by atoms with E-state index in [1.165, 1.54) is 17.5 Å². The summed E-state index contributed by atoms with van der Waals surface area (Å²) >= 11 is 0. The molecule has 0 bridgehead atoms. The molecule has 0 spiro atoms. The van der Waals surface area contributed by atoms with Crippen LogP contribution in [0.15, 0.2) is 36.4 Å². The van der Waals surface area contributed by atoms with Crippen LogP contribution in [0.2, 0.25) is 0 Å². The molecule has 2 aliphatic carbocycles. The van der Waals surface area contributed by atoms with Crippen LogP contribution in [0.1, 0.15) is 49.3 Å². The molecule has 1 aromatic carbocycles. The van der Waals surface area contributed by atoms with Gasteiger partial charge < -0.3 is 5.32 Å². The molecule has 2 aliphatic rings. The summed E-state index contributed by atoms with van der Waals surface area (Å²) in [6, 6.07) is 8.75. The van der Waals surface area contributed by atoms with Gasteiger partial charge in [-0.3, -0.25) is 4.79 Å². The van der Waals surface area contributed by atoms with Gasteiger partial charge in [0, 0.05) is 5.92 Å². The fraction of sp³-hybridized carbons (Fsp3) is 0.471. The third-order valence-corrected chi connectivity index (χ3v) is 4.33. The van der Waals surface area contributed by atoms with Gasteiger partial charge in [0.05, 0.1) is 6.04 Å². The lowest BCUT2D eigenvalue weighted by Crippen LogP contribution is -2.35. The quantitative estimate of drug-likeness (QED) is 0.805. The molecule has 3 rings (SSSR count). The number of nitrogens with one attached hydrogen (secondary N) is 1. The Kier molecular flexibility index (Phi) is 3.67. The van der Waals surface area contributed by atoms with Gasteiger partial charge in [0.2, 0.25) is 5.91 Å². The molecule has 2 heteroatoms. The Hall–Kier alpha value is -1.57. The van der Waals surface area contributed by atoms with Crippen LogP contribution in [0.25, 0.3) is 0 Å². The van der Waals surface area contributed by atoms with Crippen LogP contribution >= 0.6 is 0 Å². The number of carbonyl (C=O) groups excluding carboxylic acids is 1. The highest BCUT2D eigenvalue weighted by molar-refractivity contribution is 5.79. The molecular weight excluding hydrogens is 234 g/mol. The van der Waals surface area contributed by atoms with Crippen molar-refractivity contribution in [2.45, 2.75) is 44.6 Å². The van der Waals surface area contributed by atoms with E-state index in [-0.39, 0.29) is 17.9 Å². The lowest BCUT2D eigenvalue weighted by atomic mass is 9.86. The second kappa shape index (κ2) is 5.60. The average Bonchev–Trinajstić information content (AvgIpc) is 2.48. The summed E-state index contributed by atoms with van der Waals surface area (Å²) in [5, 5.41) is 3.27. The van der Waals surface area contributed by atoms with Crippen molar-refractivity contribution in [3.05, 3.63) is 47.5 Å². The SMILES string of the molecule is O=C(N[C@H]1CCCc2ccccc21)[C@H]1CC=CCC1. The van der Waals surface area contributed by atoms with Crippen LogP contribution < -0.4 is 5.32 Å². The molecule has 2 atom stereocenters. The first-order valence-electron chi connectivity index (χ1n) is 7.38. The number of hydrogen-bond acceptors (Lipinski definition) is 1. The zero-order valence-corrected chi connectivity index (χ0v) is 11.3. The van der Waals surface area contributed by atoms with Crippen molar-refractivity contribution in [2.24, 2.45) is 5.92 Å². The van der Waals surface area contributed by atoms with E-state index in [0.29, 0.717) is 0 Å². The number of fused-ring (bicyclic) bond motifs is 1. The topological polar surface area (TPSA) is 29.1 Å². The maximum absolute atomic E-state index is 12.3. The second-order valence-corrected chi connectivity index (χ2v) is 5.63. The molecule has 0 saturated carbocycles. The largest absolute Gasteiger partial charge is 0.349 e. The second-order valence-electron chi connectivity index (χ2n) is 5.63. The monoisotopic (exact) mass is 255 g/mol. The molecule has 100 valence electrons. The van der Waals surface area contributed by atoms with Crippen molar-refractivity contribution in [1.29, 1.82) is 0 Å². The van der Waals surface area contributed by atoms with Gasteiger partial charge >= 0.3 is 0 Å². The van der Waals surface area contributed by atoms with Crippen molar-refractivity contribution in [3.63, 3.8) is 0 Å². The average molecular weight is 255 g/mol. The Morgan fingerprint density at radius 3 is 2.89 bits per heavy atom. The lowest BCUT2D eigenvalue weighted by molar-refractivity contribution is -0.126. The van der Waals surface area contributed by atoms with Gasteiger partial charge in [-0.25, -0.2) is 0 Å². The number of rotatable bonds is 2. The van der Waals surface area contributed by atoms with E-state index in [1.54, 1.807) is 0 Å². The molecule has 1 N–H and O–H groups in total. The van der Waals surface area contributed by atoms with Crippen molar-refractivity contribution >= 4 is 5.91 Å². The molecule has 0 saturated heterocycles. The molecule has 0 fully saturated rings. The van der Waals surface area contributed by atoms with Crippen molar-refractivity contribution in [3.8, 4) is 0 Å². The van der Waals surface area contributed by atoms with Crippen molar-refractivity contribution in [2.75, 3.05) is 0 Å². The van der Waals surface area contributed by atoms with Crippen molar-refractivity contribution < 1.29 is 4.79 Å². The molecule has 2 nitrogen and oxygen atoms in total. The summed E-state index contributed by atoms with van der Waals surface area (Å²) < 4.78 is 0. The minimum absolute atomic E-state index is 0.180. The van der Waals surface area contributed by atoms with E-state index in [2.05, 4.69) is 41.7 Å². The van der Waals surface area contributed by atoms with Gasteiger partial charge in [-0.1, -0.05) is 36.4 Å². The molecule has 1 amide bonds. The number of allylic oxidation sites excluding steroid dienone is 2. The first kappa shape index (κ1) is 12.5. The Bertz CT molecular complexity index is 492. The predicted octanol–water partition coefficient (Wildman–Crippen LogP) is 3.54. The molecular formula is C17H21NO. The number of aryl methyl sites for hydroxylation is 1. The first-order chi connectivity index (χ1) is 9.34. The highest BCUT2D eigenvalue weighted by Crippen LogP contribution is 2.30. The normalized spacial score (nSPS) is 25.7. The fourth-order valence-corrected chi connectivity index (χ4v) is 3.23.